The van der Waals surface area contributed by atoms with Crippen LogP contribution in [0.5, 0.6) is 11.5 Å². The van der Waals surface area contributed by atoms with Gasteiger partial charge in [-0.25, -0.2) is 0 Å². The predicted octanol–water partition coefficient (Wildman–Crippen LogP) is 8.42. The summed E-state index contributed by atoms with van der Waals surface area (Å²) in [5.41, 5.74) is 7.85. The molecule has 0 saturated heterocycles. The molecule has 0 amide bonds. The molecule has 0 unspecified atom stereocenters. The van der Waals surface area contributed by atoms with E-state index in [1.54, 1.807) is 9.59 Å². The fraction of sp³-hybridized carbons (Fsp3) is 0.415. The van der Waals surface area contributed by atoms with Crippen LogP contribution in [0.15, 0.2) is 72.8 Å². The maximum absolute atomic E-state index is 12.0. The predicted molar refractivity (Wildman–Crippen MR) is 196 cm³/mol. The second kappa shape index (κ2) is 12.0. The van der Waals surface area contributed by atoms with Crippen LogP contribution in [-0.2, 0) is 17.3 Å². The summed E-state index contributed by atoms with van der Waals surface area (Å²) >= 11 is 0. The SMILES string of the molecule is CC(C)(C)CC(C)(C)c1cc(Cc2cc(C(C)(C)CC(C)(C)C)cc(-n3nc4ccccc4[nH+]3)c2O)c(O)c(-n2nc3ccccc3[nH+]2)c1. The first-order valence-electron chi connectivity index (χ1n) is 17.3. The Kier molecular flexibility index (Phi) is 8.37. The van der Waals surface area contributed by atoms with E-state index in [0.717, 1.165) is 46.0 Å². The van der Waals surface area contributed by atoms with Crippen molar-refractivity contribution in [1.29, 1.82) is 0 Å². The summed E-state index contributed by atoms with van der Waals surface area (Å²) in [5.74, 6) is 0.243. The van der Waals surface area contributed by atoms with Crippen molar-refractivity contribution < 1.29 is 20.4 Å². The molecule has 256 valence electrons. The molecule has 49 heavy (non-hydrogen) atoms. The van der Waals surface area contributed by atoms with Crippen LogP contribution >= 0.6 is 0 Å². The number of aromatic nitrogens is 6. The summed E-state index contributed by atoms with van der Waals surface area (Å²) in [6.07, 6.45) is 2.17. The van der Waals surface area contributed by atoms with Gasteiger partial charge in [-0.1, -0.05) is 106 Å². The highest BCUT2D eigenvalue weighted by atomic mass is 16.3. The molecule has 6 rings (SSSR count). The van der Waals surface area contributed by atoms with E-state index in [1.165, 1.54) is 0 Å². The van der Waals surface area contributed by atoms with Crippen LogP contribution in [0.2, 0.25) is 0 Å². The van der Waals surface area contributed by atoms with Gasteiger partial charge in [0.1, 0.15) is 0 Å². The molecule has 0 spiro atoms. The third-order valence-electron chi connectivity index (χ3n) is 9.36. The number of rotatable bonds is 8. The van der Waals surface area contributed by atoms with E-state index in [1.807, 2.05) is 60.7 Å². The van der Waals surface area contributed by atoms with Crippen molar-refractivity contribution in [1.82, 2.24) is 19.8 Å². The number of nitrogens with zero attached hydrogens (tertiary/aromatic N) is 4. The van der Waals surface area contributed by atoms with Crippen molar-refractivity contribution in [2.75, 3.05) is 0 Å². The zero-order chi connectivity index (χ0) is 35.5. The van der Waals surface area contributed by atoms with Crippen LogP contribution in [-0.4, -0.2) is 30.0 Å². The quantitative estimate of drug-likeness (QED) is 0.171. The largest absolute Gasteiger partial charge is 0.505 e. The van der Waals surface area contributed by atoms with Gasteiger partial charge < -0.3 is 10.2 Å². The average Bonchev–Trinajstić information content (AvgIpc) is 3.61. The Bertz CT molecular complexity index is 1940. The number of para-hydroxylation sites is 2. The van der Waals surface area contributed by atoms with Gasteiger partial charge in [0.15, 0.2) is 33.9 Å². The monoisotopic (exact) mass is 660 g/mol. The lowest BCUT2D eigenvalue weighted by molar-refractivity contribution is -0.454. The molecule has 6 aromatic rings. The van der Waals surface area contributed by atoms with E-state index in [4.69, 9.17) is 10.2 Å². The Hall–Kier alpha value is -4.72. The fourth-order valence-corrected chi connectivity index (χ4v) is 7.82. The van der Waals surface area contributed by atoms with Gasteiger partial charge >= 0.3 is 0 Å². The van der Waals surface area contributed by atoms with Gasteiger partial charge in [-0.05, 0) is 91.6 Å². The summed E-state index contributed by atoms with van der Waals surface area (Å²) in [7, 11) is 0. The lowest BCUT2D eigenvalue weighted by Gasteiger charge is -2.34. The van der Waals surface area contributed by atoms with Crippen LogP contribution in [0, 0.1) is 10.8 Å². The topological polar surface area (TPSA) is 104 Å². The van der Waals surface area contributed by atoms with Crippen LogP contribution in [0.3, 0.4) is 0 Å². The Labute approximate surface area is 289 Å². The summed E-state index contributed by atoms with van der Waals surface area (Å²) in [6, 6.07) is 24.0. The standard InChI is InChI=1S/C41H50N6O2/c1-38(2,3)24-40(7,8)28-20-26(36(48)34(22-28)46-42-30-15-11-12-16-31(30)43-46)19-27-21-29(41(9,10)25-39(4,5)6)23-35(37(27)49)47-44-32-17-13-14-18-33(32)45-47/h11-18,20-23,48-49H,19,24-25H2,1-10H3/p+2. The van der Waals surface area contributed by atoms with Crippen molar-refractivity contribution >= 4 is 22.1 Å². The van der Waals surface area contributed by atoms with Crippen LogP contribution in [0.1, 0.15) is 104 Å². The van der Waals surface area contributed by atoms with Gasteiger partial charge in [-0.15, -0.1) is 0 Å². The fourth-order valence-electron chi connectivity index (χ4n) is 7.82. The molecule has 0 fully saturated rings. The number of aromatic amines is 2. The molecular formula is C41H52N6O2+2. The number of benzene rings is 4. The Morgan fingerprint density at radius 3 is 1.27 bits per heavy atom. The number of hydrogen-bond acceptors (Lipinski definition) is 4. The molecule has 4 N–H and O–H groups in total. The van der Waals surface area contributed by atoms with Crippen LogP contribution in [0.4, 0.5) is 0 Å². The highest BCUT2D eigenvalue weighted by Crippen LogP contribution is 2.43. The summed E-state index contributed by atoms with van der Waals surface area (Å²) in [5, 5.41) is 40.3. The molecule has 0 saturated carbocycles. The second-order valence-electron chi connectivity index (χ2n) is 17.5. The van der Waals surface area contributed by atoms with Crippen molar-refractivity contribution in [2.45, 2.75) is 99.3 Å². The van der Waals surface area contributed by atoms with Gasteiger partial charge in [0.2, 0.25) is 11.0 Å². The summed E-state index contributed by atoms with van der Waals surface area (Å²) in [4.78, 5) is 3.33. The van der Waals surface area contributed by atoms with Gasteiger partial charge in [0.25, 0.3) is 0 Å². The number of fused-ring (bicyclic) bond motifs is 2. The van der Waals surface area contributed by atoms with E-state index < -0.39 is 0 Å². The molecule has 0 aliphatic carbocycles. The van der Waals surface area contributed by atoms with Crippen LogP contribution in [0.25, 0.3) is 33.4 Å². The minimum Gasteiger partial charge on any atom is -0.505 e. The number of H-pyrrole nitrogens is 2. The molecule has 0 radical (unpaired) electrons. The third-order valence-corrected chi connectivity index (χ3v) is 9.36. The minimum absolute atomic E-state index is 0.0815. The third kappa shape index (κ3) is 7.19. The van der Waals surface area contributed by atoms with Crippen molar-refractivity contribution in [3.8, 4) is 22.9 Å². The maximum Gasteiger partial charge on any atom is 0.249 e. The lowest BCUT2D eigenvalue weighted by atomic mass is 9.71. The van der Waals surface area contributed by atoms with E-state index in [0.29, 0.717) is 28.9 Å². The molecular weight excluding hydrogens is 608 g/mol. The van der Waals surface area contributed by atoms with Gasteiger partial charge in [0, 0.05) is 17.5 Å². The van der Waals surface area contributed by atoms with E-state index in [2.05, 4.69) is 91.6 Å². The first kappa shape index (κ1) is 34.2. The molecule has 0 aliphatic heterocycles. The zero-order valence-electron chi connectivity index (χ0n) is 30.7. The normalized spacial score (nSPS) is 13.1. The number of phenols is 2. The maximum atomic E-state index is 12.0. The summed E-state index contributed by atoms with van der Waals surface area (Å²) in [6.45, 7) is 22.5. The smallest absolute Gasteiger partial charge is 0.249 e. The van der Waals surface area contributed by atoms with E-state index >= 15 is 0 Å². The van der Waals surface area contributed by atoms with Crippen molar-refractivity contribution in [3.05, 3.63) is 95.1 Å². The number of aromatic hydroxyl groups is 2. The van der Waals surface area contributed by atoms with Gasteiger partial charge in [-0.2, -0.15) is 10.2 Å². The molecule has 2 heterocycles. The highest BCUT2D eigenvalue weighted by Gasteiger charge is 2.33. The molecule has 8 heteroatoms. The Morgan fingerprint density at radius 2 is 0.918 bits per heavy atom. The molecule has 2 aromatic heterocycles. The Morgan fingerprint density at radius 1 is 0.551 bits per heavy atom. The highest BCUT2D eigenvalue weighted by molar-refractivity contribution is 5.71. The molecule has 8 nitrogen and oxygen atoms in total. The van der Waals surface area contributed by atoms with Gasteiger partial charge in [-0.3, -0.25) is 0 Å². The number of phenolic OH excluding ortho intramolecular Hbond substituents is 2. The van der Waals surface area contributed by atoms with Crippen molar-refractivity contribution in [2.24, 2.45) is 10.8 Å². The zero-order valence-corrected chi connectivity index (χ0v) is 30.7. The number of nitrogens with one attached hydrogen (secondary N) is 2. The Balaban J connectivity index is 1.55. The van der Waals surface area contributed by atoms with Gasteiger partial charge in [0.05, 0.1) is 10.2 Å². The van der Waals surface area contributed by atoms with Crippen LogP contribution < -0.4 is 10.2 Å². The summed E-state index contributed by atoms with van der Waals surface area (Å²) < 4.78 is 0. The molecule has 0 atom stereocenters. The first-order chi connectivity index (χ1) is 22.8. The lowest BCUT2D eigenvalue weighted by Crippen LogP contribution is -2.26. The molecule has 4 aromatic carbocycles. The first-order valence-corrected chi connectivity index (χ1v) is 17.3. The number of hydrogen-bond donors (Lipinski definition) is 2. The minimum atomic E-state index is -0.212. The molecule has 0 bridgehead atoms. The van der Waals surface area contributed by atoms with E-state index in [9.17, 15) is 10.2 Å². The van der Waals surface area contributed by atoms with E-state index in [-0.39, 0.29) is 33.2 Å². The average molecular weight is 661 g/mol. The molecule has 0 aliphatic rings. The second-order valence-corrected chi connectivity index (χ2v) is 17.5. The van der Waals surface area contributed by atoms with Crippen molar-refractivity contribution in [3.63, 3.8) is 0 Å².